The summed E-state index contributed by atoms with van der Waals surface area (Å²) in [5.41, 5.74) is 4.71. The lowest BCUT2D eigenvalue weighted by atomic mass is 9.99. The van der Waals surface area contributed by atoms with E-state index in [-0.39, 0.29) is 6.42 Å². The van der Waals surface area contributed by atoms with Crippen molar-refractivity contribution in [3.05, 3.63) is 59.7 Å². The van der Waals surface area contributed by atoms with E-state index < -0.39 is 5.97 Å². The minimum absolute atomic E-state index is 0.179. The summed E-state index contributed by atoms with van der Waals surface area (Å²) in [5, 5.41) is 8.72. The number of carbonyl (C=O) groups is 1. The molecule has 0 saturated heterocycles. The van der Waals surface area contributed by atoms with Crippen LogP contribution in [-0.2, 0) is 17.6 Å². The maximum atomic E-state index is 10.6. The first kappa shape index (κ1) is 13.3. The number of hydrogen-bond acceptors (Lipinski definition) is 1. The quantitative estimate of drug-likeness (QED) is 0.877. The molecule has 0 aliphatic rings. The molecule has 0 atom stereocenters. The predicted octanol–water partition coefficient (Wildman–Crippen LogP) is 3.93. The second-order valence-electron chi connectivity index (χ2n) is 4.64. The van der Waals surface area contributed by atoms with Crippen LogP contribution >= 0.6 is 0 Å². The van der Waals surface area contributed by atoms with Crippen LogP contribution in [0.15, 0.2) is 48.5 Å². The fourth-order valence-corrected chi connectivity index (χ4v) is 2.09. The molecule has 2 rings (SSSR count). The standard InChI is InChI=1S/C17H18O2/c1-2-13-6-9-15(10-7-13)16-5-3-4-14(12-16)8-11-17(18)19/h3-7,9-10,12H,2,8,11H2,1H3,(H,18,19). The Kier molecular flexibility index (Phi) is 4.35. The molecule has 0 saturated carbocycles. The second kappa shape index (κ2) is 6.19. The zero-order valence-electron chi connectivity index (χ0n) is 11.1. The van der Waals surface area contributed by atoms with Gasteiger partial charge >= 0.3 is 5.97 Å². The van der Waals surface area contributed by atoms with Crippen LogP contribution < -0.4 is 0 Å². The third kappa shape index (κ3) is 3.68. The highest BCUT2D eigenvalue weighted by Gasteiger charge is 2.02. The van der Waals surface area contributed by atoms with Gasteiger partial charge in [0.1, 0.15) is 0 Å². The van der Waals surface area contributed by atoms with Crippen LogP contribution in [0.5, 0.6) is 0 Å². The Morgan fingerprint density at radius 3 is 2.37 bits per heavy atom. The van der Waals surface area contributed by atoms with Gasteiger partial charge in [-0.1, -0.05) is 55.5 Å². The van der Waals surface area contributed by atoms with Gasteiger partial charge in [-0.15, -0.1) is 0 Å². The Morgan fingerprint density at radius 2 is 1.74 bits per heavy atom. The third-order valence-corrected chi connectivity index (χ3v) is 3.25. The molecule has 2 heteroatoms. The number of rotatable bonds is 5. The number of benzene rings is 2. The summed E-state index contributed by atoms with van der Waals surface area (Å²) < 4.78 is 0. The highest BCUT2D eigenvalue weighted by molar-refractivity contribution is 5.68. The normalized spacial score (nSPS) is 10.4. The van der Waals surface area contributed by atoms with E-state index >= 15 is 0 Å². The lowest BCUT2D eigenvalue weighted by Gasteiger charge is -2.06. The van der Waals surface area contributed by atoms with Crippen LogP contribution in [0.4, 0.5) is 0 Å². The molecular weight excluding hydrogens is 236 g/mol. The van der Waals surface area contributed by atoms with Crippen molar-refractivity contribution in [2.75, 3.05) is 0 Å². The van der Waals surface area contributed by atoms with Gasteiger partial charge in [0.25, 0.3) is 0 Å². The summed E-state index contributed by atoms with van der Waals surface area (Å²) in [5.74, 6) is -0.752. The third-order valence-electron chi connectivity index (χ3n) is 3.25. The van der Waals surface area contributed by atoms with E-state index in [0.717, 1.165) is 17.5 Å². The van der Waals surface area contributed by atoms with Crippen LogP contribution in [0.2, 0.25) is 0 Å². The van der Waals surface area contributed by atoms with E-state index in [1.54, 1.807) is 0 Å². The van der Waals surface area contributed by atoms with E-state index in [2.05, 4.69) is 43.3 Å². The first-order valence-electron chi connectivity index (χ1n) is 6.59. The highest BCUT2D eigenvalue weighted by Crippen LogP contribution is 2.21. The summed E-state index contributed by atoms with van der Waals surface area (Å²) in [6.45, 7) is 2.14. The largest absolute Gasteiger partial charge is 0.481 e. The molecule has 0 spiro atoms. The maximum absolute atomic E-state index is 10.6. The van der Waals surface area contributed by atoms with Crippen LogP contribution in [0.1, 0.15) is 24.5 Å². The molecule has 0 aliphatic heterocycles. The van der Waals surface area contributed by atoms with Gasteiger partial charge in [0.2, 0.25) is 0 Å². The van der Waals surface area contributed by atoms with Crippen molar-refractivity contribution < 1.29 is 9.90 Å². The van der Waals surface area contributed by atoms with Gasteiger partial charge in [-0.25, -0.2) is 0 Å². The van der Waals surface area contributed by atoms with Crippen LogP contribution in [0.3, 0.4) is 0 Å². The topological polar surface area (TPSA) is 37.3 Å². The van der Waals surface area contributed by atoms with Gasteiger partial charge in [-0.2, -0.15) is 0 Å². The minimum Gasteiger partial charge on any atom is -0.481 e. The summed E-state index contributed by atoms with van der Waals surface area (Å²) in [4.78, 5) is 10.6. The molecule has 2 aromatic carbocycles. The fourth-order valence-electron chi connectivity index (χ4n) is 2.09. The Labute approximate surface area is 113 Å². The molecular formula is C17H18O2. The monoisotopic (exact) mass is 254 g/mol. The number of carboxylic acid groups (broad SMARTS) is 1. The van der Waals surface area contributed by atoms with Crippen LogP contribution in [0, 0.1) is 0 Å². The molecule has 0 fully saturated rings. The van der Waals surface area contributed by atoms with Gasteiger partial charge in [0.05, 0.1) is 0 Å². The molecule has 19 heavy (non-hydrogen) atoms. The van der Waals surface area contributed by atoms with E-state index in [4.69, 9.17) is 5.11 Å². The molecule has 0 amide bonds. The predicted molar refractivity (Wildman–Crippen MR) is 77.2 cm³/mol. The SMILES string of the molecule is CCc1ccc(-c2cccc(CCC(=O)O)c2)cc1. The Morgan fingerprint density at radius 1 is 1.00 bits per heavy atom. The van der Waals surface area contributed by atoms with Gasteiger partial charge in [0.15, 0.2) is 0 Å². The molecule has 0 bridgehead atoms. The van der Waals surface area contributed by atoms with Crippen molar-refractivity contribution in [3.8, 4) is 11.1 Å². The molecule has 2 nitrogen and oxygen atoms in total. The Hall–Kier alpha value is -2.09. The molecule has 0 radical (unpaired) electrons. The summed E-state index contributed by atoms with van der Waals surface area (Å²) in [7, 11) is 0. The smallest absolute Gasteiger partial charge is 0.303 e. The molecule has 0 unspecified atom stereocenters. The molecule has 98 valence electrons. The second-order valence-corrected chi connectivity index (χ2v) is 4.64. The van der Waals surface area contributed by atoms with Crippen molar-refractivity contribution >= 4 is 5.97 Å². The number of hydrogen-bond donors (Lipinski definition) is 1. The van der Waals surface area contributed by atoms with Crippen molar-refractivity contribution in [3.63, 3.8) is 0 Å². The lowest BCUT2D eigenvalue weighted by Crippen LogP contribution is -1.97. The van der Waals surface area contributed by atoms with Gasteiger partial charge in [-0.3, -0.25) is 4.79 Å². The van der Waals surface area contributed by atoms with Gasteiger partial charge in [0, 0.05) is 6.42 Å². The lowest BCUT2D eigenvalue weighted by molar-refractivity contribution is -0.136. The molecule has 0 aromatic heterocycles. The summed E-state index contributed by atoms with van der Waals surface area (Å²) >= 11 is 0. The Bertz CT molecular complexity index is 556. The van der Waals surface area contributed by atoms with Crippen LogP contribution in [-0.4, -0.2) is 11.1 Å². The Balaban J connectivity index is 2.19. The molecule has 2 aromatic rings. The average Bonchev–Trinajstić information content (AvgIpc) is 2.45. The number of aliphatic carboxylic acids is 1. The van der Waals surface area contributed by atoms with Crippen molar-refractivity contribution in [1.29, 1.82) is 0 Å². The van der Waals surface area contributed by atoms with Gasteiger partial charge < -0.3 is 5.11 Å². The maximum Gasteiger partial charge on any atom is 0.303 e. The van der Waals surface area contributed by atoms with Crippen molar-refractivity contribution in [2.24, 2.45) is 0 Å². The van der Waals surface area contributed by atoms with E-state index in [1.807, 2.05) is 12.1 Å². The summed E-state index contributed by atoms with van der Waals surface area (Å²) in [6, 6.07) is 16.6. The zero-order chi connectivity index (χ0) is 13.7. The van der Waals surface area contributed by atoms with Crippen LogP contribution in [0.25, 0.3) is 11.1 Å². The first-order valence-corrected chi connectivity index (χ1v) is 6.59. The first-order chi connectivity index (χ1) is 9.19. The highest BCUT2D eigenvalue weighted by atomic mass is 16.4. The molecule has 0 aliphatic carbocycles. The van der Waals surface area contributed by atoms with E-state index in [0.29, 0.717) is 6.42 Å². The average molecular weight is 254 g/mol. The van der Waals surface area contributed by atoms with Crippen molar-refractivity contribution in [1.82, 2.24) is 0 Å². The van der Waals surface area contributed by atoms with Crippen molar-refractivity contribution in [2.45, 2.75) is 26.2 Å². The van der Waals surface area contributed by atoms with E-state index in [9.17, 15) is 4.79 Å². The number of carboxylic acids is 1. The number of aryl methyl sites for hydroxylation is 2. The minimum atomic E-state index is -0.752. The van der Waals surface area contributed by atoms with Gasteiger partial charge in [-0.05, 0) is 35.1 Å². The zero-order valence-corrected chi connectivity index (χ0v) is 11.1. The fraction of sp³-hybridized carbons (Fsp3) is 0.235. The molecule has 0 heterocycles. The molecule has 1 N–H and O–H groups in total. The summed E-state index contributed by atoms with van der Waals surface area (Å²) in [6.07, 6.45) is 1.80. The van der Waals surface area contributed by atoms with E-state index in [1.165, 1.54) is 11.1 Å².